The molecule has 0 saturated heterocycles. The predicted octanol–water partition coefficient (Wildman–Crippen LogP) is 2.39. The highest BCUT2D eigenvalue weighted by molar-refractivity contribution is 5.89. The number of aliphatic carboxylic acids is 1. The maximum absolute atomic E-state index is 12.8. The number of hydrogen-bond acceptors (Lipinski definition) is 4. The minimum absolute atomic E-state index is 0.0175. The van der Waals surface area contributed by atoms with E-state index in [-0.39, 0.29) is 35.1 Å². The second-order valence-corrected chi connectivity index (χ2v) is 9.93. The smallest absolute Gasteiger partial charge is 0.309 e. The van der Waals surface area contributed by atoms with E-state index in [4.69, 9.17) is 0 Å². The lowest BCUT2D eigenvalue weighted by atomic mass is 9.40. The summed E-state index contributed by atoms with van der Waals surface area (Å²) in [6.07, 6.45) is 4.99. The van der Waals surface area contributed by atoms with Crippen LogP contribution < -0.4 is 0 Å². The van der Waals surface area contributed by atoms with Crippen LogP contribution in [0.25, 0.3) is 0 Å². The van der Waals surface area contributed by atoms with E-state index in [9.17, 15) is 24.9 Å². The summed E-state index contributed by atoms with van der Waals surface area (Å²) in [5.74, 6) is -0.433. The molecule has 0 radical (unpaired) electrons. The van der Waals surface area contributed by atoms with Gasteiger partial charge < -0.3 is 15.3 Å². The first-order chi connectivity index (χ1) is 11.6. The Morgan fingerprint density at radius 2 is 1.92 bits per heavy atom. The topological polar surface area (TPSA) is 94.8 Å². The maximum atomic E-state index is 12.8. The normalized spacial score (nSPS) is 54.7. The number of Topliss-reactive ketones (excluding diaryl/α,β-unsaturated/α-hetero) is 1. The van der Waals surface area contributed by atoms with Crippen molar-refractivity contribution in [1.29, 1.82) is 0 Å². The number of carbonyl (C=O) groups is 2. The molecule has 1 spiro atoms. The highest BCUT2D eigenvalue weighted by atomic mass is 16.4. The molecule has 140 valence electrons. The lowest BCUT2D eigenvalue weighted by Gasteiger charge is -2.64. The lowest BCUT2D eigenvalue weighted by Crippen LogP contribution is -2.60. The van der Waals surface area contributed by atoms with Crippen LogP contribution in [-0.2, 0) is 9.59 Å². The Kier molecular flexibility index (Phi) is 3.54. The van der Waals surface area contributed by atoms with Crippen LogP contribution in [0.5, 0.6) is 0 Å². The zero-order valence-electron chi connectivity index (χ0n) is 15.3. The van der Waals surface area contributed by atoms with Crippen molar-refractivity contribution in [3.63, 3.8) is 0 Å². The number of carbonyl (C=O) groups excluding carboxylic acids is 1. The molecule has 5 nitrogen and oxygen atoms in total. The largest absolute Gasteiger partial charge is 0.481 e. The third-order valence-corrected chi connectivity index (χ3v) is 9.05. The molecular weight excluding hydrogens is 320 g/mol. The molecule has 4 rings (SSSR count). The molecule has 2 bridgehead atoms. The van der Waals surface area contributed by atoms with Gasteiger partial charge in [-0.1, -0.05) is 13.3 Å². The van der Waals surface area contributed by atoms with Gasteiger partial charge in [0.15, 0.2) is 0 Å². The van der Waals surface area contributed by atoms with E-state index < -0.39 is 22.9 Å². The predicted molar refractivity (Wildman–Crippen MR) is 90.7 cm³/mol. The van der Waals surface area contributed by atoms with E-state index in [1.165, 1.54) is 0 Å². The van der Waals surface area contributed by atoms with Gasteiger partial charge >= 0.3 is 5.97 Å². The van der Waals surface area contributed by atoms with Crippen molar-refractivity contribution >= 4 is 11.8 Å². The van der Waals surface area contributed by atoms with Crippen molar-refractivity contribution in [2.24, 2.45) is 33.5 Å². The molecule has 7 atom stereocenters. The molecule has 5 heteroatoms. The standard InChI is InChI=1S/C20H30O5/c1-17-5-3-6-18(2,16(24)25)12(17)4-7-19-9-15(23)20(10-19,11-21)14(22)8-13(17)19/h12-14,21-22H,3-11H2,1-2H3,(H,24,25)/t12?,13?,14-,17+,18+,19-,20-/m0/s1. The van der Waals surface area contributed by atoms with Crippen molar-refractivity contribution in [3.05, 3.63) is 0 Å². The fraction of sp³-hybridized carbons (Fsp3) is 0.900. The third-order valence-electron chi connectivity index (χ3n) is 9.05. The van der Waals surface area contributed by atoms with E-state index in [2.05, 4.69) is 6.92 Å². The number of carboxylic acid groups (broad SMARTS) is 1. The number of hydrogen-bond donors (Lipinski definition) is 3. The number of ketones is 1. The van der Waals surface area contributed by atoms with Crippen molar-refractivity contribution in [2.75, 3.05) is 6.61 Å². The molecular formula is C20H30O5. The molecule has 0 aromatic carbocycles. The lowest BCUT2D eigenvalue weighted by molar-refractivity contribution is -0.195. The quantitative estimate of drug-likeness (QED) is 0.711. The van der Waals surface area contributed by atoms with E-state index in [0.717, 1.165) is 25.7 Å². The minimum atomic E-state index is -0.968. The highest BCUT2D eigenvalue weighted by Crippen LogP contribution is 2.72. The molecule has 4 aliphatic rings. The first kappa shape index (κ1) is 17.5. The minimum Gasteiger partial charge on any atom is -0.481 e. The molecule has 0 amide bonds. The number of fused-ring (bicyclic) bond motifs is 3. The van der Waals surface area contributed by atoms with Crippen LogP contribution in [0, 0.1) is 33.5 Å². The Balaban J connectivity index is 1.77. The third kappa shape index (κ3) is 1.92. The molecule has 4 saturated carbocycles. The van der Waals surface area contributed by atoms with Crippen LogP contribution in [0.4, 0.5) is 0 Å². The Hall–Kier alpha value is -0.940. The first-order valence-corrected chi connectivity index (χ1v) is 9.70. The van der Waals surface area contributed by atoms with Gasteiger partial charge in [-0.2, -0.15) is 0 Å². The van der Waals surface area contributed by atoms with Crippen LogP contribution in [-0.4, -0.2) is 39.8 Å². The molecule has 0 aromatic heterocycles. The van der Waals surface area contributed by atoms with E-state index in [1.54, 1.807) is 0 Å². The second kappa shape index (κ2) is 5.07. The summed E-state index contributed by atoms with van der Waals surface area (Å²) in [6.45, 7) is 3.84. The molecule has 2 unspecified atom stereocenters. The van der Waals surface area contributed by atoms with Crippen LogP contribution >= 0.6 is 0 Å². The van der Waals surface area contributed by atoms with Crippen molar-refractivity contribution in [1.82, 2.24) is 0 Å². The Bertz CT molecular complexity index is 632. The van der Waals surface area contributed by atoms with Gasteiger partial charge in [0.1, 0.15) is 5.78 Å². The summed E-state index contributed by atoms with van der Waals surface area (Å²) in [7, 11) is 0. The maximum Gasteiger partial charge on any atom is 0.309 e. The molecule has 0 heterocycles. The first-order valence-electron chi connectivity index (χ1n) is 9.70. The van der Waals surface area contributed by atoms with Gasteiger partial charge in [-0.3, -0.25) is 9.59 Å². The van der Waals surface area contributed by atoms with Gasteiger partial charge in [0.05, 0.1) is 23.5 Å². The van der Waals surface area contributed by atoms with Crippen molar-refractivity contribution < 1.29 is 24.9 Å². The van der Waals surface area contributed by atoms with Crippen molar-refractivity contribution in [2.45, 2.75) is 71.3 Å². The number of aliphatic hydroxyl groups excluding tert-OH is 2. The fourth-order valence-corrected chi connectivity index (χ4v) is 7.77. The second-order valence-electron chi connectivity index (χ2n) is 9.93. The Morgan fingerprint density at radius 1 is 1.20 bits per heavy atom. The summed E-state index contributed by atoms with van der Waals surface area (Å²) in [5, 5.41) is 30.6. The van der Waals surface area contributed by atoms with E-state index in [0.29, 0.717) is 25.7 Å². The average Bonchev–Trinajstić information content (AvgIpc) is 2.79. The van der Waals surface area contributed by atoms with Gasteiger partial charge in [0.25, 0.3) is 0 Å². The molecule has 0 aliphatic heterocycles. The SMILES string of the molecule is C[C@@]12CCC[C@@](C)(C(=O)O)C1CC[C@]13CC(=O)[C@](CO)(C1)[C@@H](O)CC32. The Labute approximate surface area is 148 Å². The Morgan fingerprint density at radius 3 is 2.56 bits per heavy atom. The van der Waals surface area contributed by atoms with Gasteiger partial charge in [-0.25, -0.2) is 0 Å². The average molecular weight is 350 g/mol. The summed E-state index contributed by atoms with van der Waals surface area (Å²) >= 11 is 0. The highest BCUT2D eigenvalue weighted by Gasteiger charge is 2.71. The molecule has 3 N–H and O–H groups in total. The van der Waals surface area contributed by atoms with Gasteiger partial charge in [-0.15, -0.1) is 0 Å². The molecule has 4 aliphatic carbocycles. The zero-order valence-corrected chi connectivity index (χ0v) is 15.3. The van der Waals surface area contributed by atoms with Crippen LogP contribution in [0.3, 0.4) is 0 Å². The number of aliphatic hydroxyl groups is 2. The van der Waals surface area contributed by atoms with Crippen LogP contribution in [0.15, 0.2) is 0 Å². The van der Waals surface area contributed by atoms with Gasteiger partial charge in [0, 0.05) is 6.42 Å². The summed E-state index contributed by atoms with van der Waals surface area (Å²) in [6, 6.07) is 0. The summed E-state index contributed by atoms with van der Waals surface area (Å²) in [5.41, 5.74) is -1.99. The van der Waals surface area contributed by atoms with Crippen LogP contribution in [0.1, 0.15) is 65.2 Å². The monoisotopic (exact) mass is 350 g/mol. The summed E-state index contributed by atoms with van der Waals surface area (Å²) in [4.78, 5) is 24.8. The fourth-order valence-electron chi connectivity index (χ4n) is 7.77. The zero-order chi connectivity index (χ0) is 18.3. The van der Waals surface area contributed by atoms with E-state index >= 15 is 0 Å². The van der Waals surface area contributed by atoms with Crippen molar-refractivity contribution in [3.8, 4) is 0 Å². The van der Waals surface area contributed by atoms with E-state index in [1.807, 2.05) is 6.92 Å². The molecule has 0 aromatic rings. The number of carboxylic acids is 1. The molecule has 25 heavy (non-hydrogen) atoms. The molecule has 4 fully saturated rings. The van der Waals surface area contributed by atoms with Gasteiger partial charge in [-0.05, 0) is 68.1 Å². The number of rotatable bonds is 2. The van der Waals surface area contributed by atoms with Gasteiger partial charge in [0.2, 0.25) is 0 Å². The van der Waals surface area contributed by atoms with Crippen LogP contribution in [0.2, 0.25) is 0 Å². The summed E-state index contributed by atoms with van der Waals surface area (Å²) < 4.78 is 0.